The molecule has 4 aromatic carbocycles. The number of esters is 1. The number of amides is 1. The van der Waals surface area contributed by atoms with Crippen molar-refractivity contribution in [2.75, 3.05) is 24.3 Å². The molecular weight excluding hydrogens is 683 g/mol. The van der Waals surface area contributed by atoms with Crippen LogP contribution in [0.25, 0.3) is 10.2 Å². The van der Waals surface area contributed by atoms with Crippen LogP contribution in [0.2, 0.25) is 10.0 Å². The fourth-order valence-corrected chi connectivity index (χ4v) is 7.06. The summed E-state index contributed by atoms with van der Waals surface area (Å²) in [5, 5.41) is 4.69. The van der Waals surface area contributed by atoms with Gasteiger partial charge in [-0.05, 0) is 98.1 Å². The first kappa shape index (κ1) is 34.2. The van der Waals surface area contributed by atoms with Gasteiger partial charge in [0.15, 0.2) is 16.4 Å². The zero-order valence-electron chi connectivity index (χ0n) is 25.2. The van der Waals surface area contributed by atoms with Gasteiger partial charge in [0.25, 0.3) is 5.91 Å². The maximum atomic E-state index is 13.4. The normalized spacial score (nSPS) is 11.3. The van der Waals surface area contributed by atoms with Crippen molar-refractivity contribution in [2.45, 2.75) is 31.3 Å². The number of aryl methyl sites for hydroxylation is 1. The highest BCUT2D eigenvalue weighted by Crippen LogP contribution is 2.29. The van der Waals surface area contributed by atoms with Crippen LogP contribution in [0.15, 0.2) is 89.8 Å². The van der Waals surface area contributed by atoms with Crippen LogP contribution in [-0.2, 0) is 32.4 Å². The number of anilines is 1. The average Bonchev–Trinajstić information content (AvgIpc) is 3.46. The molecule has 0 aliphatic heterocycles. The number of nitrogens with one attached hydrogen (secondary N) is 1. The fourth-order valence-electron chi connectivity index (χ4n) is 4.60. The maximum Gasteiger partial charge on any atom is 0.344 e. The van der Waals surface area contributed by atoms with E-state index in [9.17, 15) is 18.0 Å². The van der Waals surface area contributed by atoms with Crippen molar-refractivity contribution >= 4 is 72.2 Å². The van der Waals surface area contributed by atoms with E-state index in [0.29, 0.717) is 39.9 Å². The molecule has 0 spiro atoms. The number of sulfone groups is 1. The number of aromatic nitrogens is 1. The number of hydrogen-bond donors (Lipinski definition) is 1. The van der Waals surface area contributed by atoms with E-state index in [0.717, 1.165) is 20.8 Å². The summed E-state index contributed by atoms with van der Waals surface area (Å²) in [5.41, 5.74) is 2.20. The highest BCUT2D eigenvalue weighted by molar-refractivity contribution is 7.91. The first-order valence-corrected chi connectivity index (χ1v) is 17.8. The van der Waals surface area contributed by atoms with Crippen LogP contribution >= 0.6 is 34.5 Å². The molecule has 9 nitrogen and oxygen atoms in total. The molecule has 0 bridgehead atoms. The summed E-state index contributed by atoms with van der Waals surface area (Å²) in [5.74, 6) is -0.331. The van der Waals surface area contributed by atoms with Crippen LogP contribution in [0.3, 0.4) is 0 Å². The second kappa shape index (κ2) is 15.6. The highest BCUT2D eigenvalue weighted by Gasteiger charge is 2.17. The maximum absolute atomic E-state index is 13.4. The van der Waals surface area contributed by atoms with Crippen molar-refractivity contribution in [1.29, 1.82) is 0 Å². The molecule has 5 rings (SSSR count). The largest absolute Gasteiger partial charge is 0.486 e. The van der Waals surface area contributed by atoms with E-state index in [1.165, 1.54) is 23.5 Å². The standard InChI is InChI=1S/C34H30Cl2N2O7S2/c1-2-43-33(39)21-45-30-14-8-22(5-4-16-47(41,42)27-12-9-24(35)10-13-27)17-28(30)38-34(40)23-6-3-7-26(18-23)44-20-32-37-29-19-25(36)11-15-31(29)46-32/h3,6-15,17-19H,2,4-5,16,20-21H2,1H3,(H,38,40). The molecule has 0 radical (unpaired) electrons. The molecule has 0 aliphatic rings. The Morgan fingerprint density at radius 2 is 1.70 bits per heavy atom. The zero-order valence-corrected chi connectivity index (χ0v) is 28.3. The van der Waals surface area contributed by atoms with Crippen LogP contribution < -0.4 is 14.8 Å². The zero-order chi connectivity index (χ0) is 33.4. The Morgan fingerprint density at radius 1 is 0.915 bits per heavy atom. The number of fused-ring (bicyclic) bond motifs is 1. The Kier molecular flexibility index (Phi) is 11.4. The molecule has 0 fully saturated rings. The molecule has 47 heavy (non-hydrogen) atoms. The average molecular weight is 714 g/mol. The lowest BCUT2D eigenvalue weighted by molar-refractivity contribution is -0.145. The third-order valence-corrected chi connectivity index (χ3v) is 10.2. The van der Waals surface area contributed by atoms with Gasteiger partial charge in [0.05, 0.1) is 33.2 Å². The number of carbonyl (C=O) groups is 2. The van der Waals surface area contributed by atoms with Gasteiger partial charge in [-0.25, -0.2) is 18.2 Å². The molecule has 5 aromatic rings. The predicted octanol–water partition coefficient (Wildman–Crippen LogP) is 7.78. The number of benzene rings is 4. The van der Waals surface area contributed by atoms with Crippen molar-refractivity contribution in [3.63, 3.8) is 0 Å². The van der Waals surface area contributed by atoms with Gasteiger partial charge in [0.2, 0.25) is 0 Å². The Bertz CT molecular complexity index is 2000. The Balaban J connectivity index is 1.27. The minimum Gasteiger partial charge on any atom is -0.486 e. The molecule has 0 saturated carbocycles. The van der Waals surface area contributed by atoms with Crippen molar-refractivity contribution in [1.82, 2.24) is 4.98 Å². The number of carbonyl (C=O) groups excluding carboxylic acids is 2. The number of ether oxygens (including phenoxy) is 3. The van der Waals surface area contributed by atoms with Crippen molar-refractivity contribution in [3.8, 4) is 11.5 Å². The van der Waals surface area contributed by atoms with Gasteiger partial charge in [0.1, 0.15) is 23.1 Å². The summed E-state index contributed by atoms with van der Waals surface area (Å²) in [6.45, 7) is 1.76. The smallest absolute Gasteiger partial charge is 0.344 e. The lowest BCUT2D eigenvalue weighted by Crippen LogP contribution is -2.17. The molecule has 0 unspecified atom stereocenters. The molecule has 244 valence electrons. The molecule has 13 heteroatoms. The predicted molar refractivity (Wildman–Crippen MR) is 184 cm³/mol. The summed E-state index contributed by atoms with van der Waals surface area (Å²) in [6, 6.07) is 23.4. The summed E-state index contributed by atoms with van der Waals surface area (Å²) in [4.78, 5) is 30.1. The number of hydrogen-bond acceptors (Lipinski definition) is 9. The van der Waals surface area contributed by atoms with Gasteiger partial charge in [-0.1, -0.05) is 35.3 Å². The Morgan fingerprint density at radius 3 is 2.49 bits per heavy atom. The van der Waals surface area contributed by atoms with Crippen LogP contribution in [0, 0.1) is 0 Å². The second-order valence-electron chi connectivity index (χ2n) is 10.3. The SMILES string of the molecule is CCOC(=O)COc1ccc(CCCS(=O)(=O)c2ccc(Cl)cc2)cc1NC(=O)c1cccc(OCc2nc3cc(Cl)ccc3s2)c1. The summed E-state index contributed by atoms with van der Waals surface area (Å²) < 4.78 is 43.1. The Labute approximate surface area is 286 Å². The molecule has 0 saturated heterocycles. The van der Waals surface area contributed by atoms with Crippen molar-refractivity contribution < 1.29 is 32.2 Å². The van der Waals surface area contributed by atoms with E-state index >= 15 is 0 Å². The molecule has 0 atom stereocenters. The van der Waals surface area contributed by atoms with E-state index < -0.39 is 21.7 Å². The number of rotatable bonds is 14. The summed E-state index contributed by atoms with van der Waals surface area (Å²) in [6.07, 6.45) is 0.748. The minimum atomic E-state index is -3.50. The topological polar surface area (TPSA) is 121 Å². The monoisotopic (exact) mass is 712 g/mol. The lowest BCUT2D eigenvalue weighted by Gasteiger charge is -2.15. The van der Waals surface area contributed by atoms with Gasteiger partial charge in [-0.2, -0.15) is 0 Å². The first-order chi connectivity index (χ1) is 22.6. The van der Waals surface area contributed by atoms with Gasteiger partial charge in [-0.15, -0.1) is 11.3 Å². The van der Waals surface area contributed by atoms with Crippen LogP contribution in [0.5, 0.6) is 11.5 Å². The van der Waals surface area contributed by atoms with Gasteiger partial charge in [0, 0.05) is 15.6 Å². The van der Waals surface area contributed by atoms with E-state index in [-0.39, 0.29) is 36.2 Å². The van der Waals surface area contributed by atoms with Gasteiger partial charge in [-0.3, -0.25) is 4.79 Å². The van der Waals surface area contributed by atoms with E-state index in [2.05, 4.69) is 10.3 Å². The van der Waals surface area contributed by atoms with Crippen LogP contribution in [0.1, 0.15) is 34.3 Å². The summed E-state index contributed by atoms with van der Waals surface area (Å²) in [7, 11) is -3.50. The molecule has 1 amide bonds. The number of thiazole rings is 1. The van der Waals surface area contributed by atoms with Crippen molar-refractivity contribution in [3.05, 3.63) is 111 Å². The quantitative estimate of drug-likeness (QED) is 0.116. The molecule has 1 N–H and O–H groups in total. The van der Waals surface area contributed by atoms with Crippen LogP contribution in [-0.4, -0.2) is 44.2 Å². The number of nitrogens with zero attached hydrogens (tertiary/aromatic N) is 1. The third kappa shape index (κ3) is 9.45. The van der Waals surface area contributed by atoms with E-state index in [4.69, 9.17) is 37.4 Å². The first-order valence-electron chi connectivity index (χ1n) is 14.6. The second-order valence-corrected chi connectivity index (χ2v) is 14.4. The summed E-state index contributed by atoms with van der Waals surface area (Å²) >= 11 is 13.5. The third-order valence-electron chi connectivity index (χ3n) is 6.85. The van der Waals surface area contributed by atoms with Crippen LogP contribution in [0.4, 0.5) is 5.69 Å². The molecule has 1 aromatic heterocycles. The number of halogens is 2. The van der Waals surface area contributed by atoms with E-state index in [1.54, 1.807) is 67.6 Å². The molecular formula is C34H30Cl2N2O7S2. The Hall–Kier alpha value is -4.16. The highest BCUT2D eigenvalue weighted by atomic mass is 35.5. The lowest BCUT2D eigenvalue weighted by atomic mass is 10.1. The van der Waals surface area contributed by atoms with E-state index in [1.807, 2.05) is 12.1 Å². The van der Waals surface area contributed by atoms with Gasteiger partial charge < -0.3 is 19.5 Å². The molecule has 1 heterocycles. The minimum absolute atomic E-state index is 0.0744. The molecule has 0 aliphatic carbocycles. The fraction of sp³-hybridized carbons (Fsp3) is 0.206. The van der Waals surface area contributed by atoms with Gasteiger partial charge >= 0.3 is 5.97 Å². The van der Waals surface area contributed by atoms with Crippen molar-refractivity contribution in [2.24, 2.45) is 0 Å².